The van der Waals surface area contributed by atoms with Crippen LogP contribution in [-0.4, -0.2) is 12.0 Å². The van der Waals surface area contributed by atoms with Gasteiger partial charge in [0.05, 0.1) is 5.56 Å². The summed E-state index contributed by atoms with van der Waals surface area (Å²) in [6.07, 6.45) is 7.05. The zero-order valence-electron chi connectivity index (χ0n) is 16.8. The van der Waals surface area contributed by atoms with Gasteiger partial charge in [0.2, 0.25) is 0 Å². The predicted octanol–water partition coefficient (Wildman–Crippen LogP) is 4.52. The van der Waals surface area contributed by atoms with E-state index in [1.807, 2.05) is 31.2 Å². The topological polar surface area (TPSA) is 78.3 Å². The van der Waals surface area contributed by atoms with Crippen LogP contribution in [0.3, 0.4) is 0 Å². The molecule has 148 valence electrons. The number of hydrogen-bond acceptors (Lipinski definition) is 4. The summed E-state index contributed by atoms with van der Waals surface area (Å²) in [7, 11) is 0. The number of benzene rings is 2. The Hall–Kier alpha value is -2.33. The number of aryl methyl sites for hydroxylation is 1. The molecule has 4 nitrogen and oxygen atoms in total. The van der Waals surface area contributed by atoms with Crippen LogP contribution in [0.4, 0.5) is 5.69 Å². The molecule has 4 rings (SSSR count). The van der Waals surface area contributed by atoms with Gasteiger partial charge in [0.1, 0.15) is 5.75 Å². The number of carbonyl (C=O) groups is 1. The third-order valence-corrected chi connectivity index (χ3v) is 6.91. The van der Waals surface area contributed by atoms with E-state index in [9.17, 15) is 4.79 Å². The standard InChI is InChI=1S/C24H30N2O2/c1-15-7-6-9-20(25)21(15)23(27)28-18-11-10-16-13-17-8-4-3-5-12-24(2,22(17)26)19(16)14-18/h6-7,9-11,14,17,22H,3-5,8,12-13,25-26H2,1-2H3/t17-,22-,24+/m0/s1. The molecule has 4 heteroatoms. The minimum absolute atomic E-state index is 0.0667. The van der Waals surface area contributed by atoms with E-state index >= 15 is 0 Å². The van der Waals surface area contributed by atoms with Crippen molar-refractivity contribution in [1.82, 2.24) is 0 Å². The van der Waals surface area contributed by atoms with Crippen molar-refractivity contribution in [2.75, 3.05) is 5.73 Å². The van der Waals surface area contributed by atoms with Crippen molar-refractivity contribution in [2.24, 2.45) is 11.7 Å². The quantitative estimate of drug-likeness (QED) is 0.458. The normalized spacial score (nSPS) is 26.7. The Balaban J connectivity index is 1.67. The number of fused-ring (bicyclic) bond motifs is 4. The van der Waals surface area contributed by atoms with Crippen molar-refractivity contribution in [1.29, 1.82) is 0 Å². The van der Waals surface area contributed by atoms with Gasteiger partial charge in [-0.25, -0.2) is 4.79 Å². The number of nitrogens with two attached hydrogens (primary N) is 2. The Morgan fingerprint density at radius 2 is 2.00 bits per heavy atom. The molecule has 0 radical (unpaired) electrons. The molecule has 1 fully saturated rings. The first kappa shape index (κ1) is 19.0. The maximum atomic E-state index is 12.8. The number of esters is 1. The lowest BCUT2D eigenvalue weighted by molar-refractivity contribution is 0.0734. The first-order valence-corrected chi connectivity index (χ1v) is 10.4. The number of anilines is 1. The summed E-state index contributed by atoms with van der Waals surface area (Å²) in [5, 5.41) is 0. The van der Waals surface area contributed by atoms with E-state index in [2.05, 4.69) is 13.0 Å². The van der Waals surface area contributed by atoms with E-state index in [1.54, 1.807) is 6.07 Å². The molecule has 28 heavy (non-hydrogen) atoms. The average Bonchev–Trinajstić information content (AvgIpc) is 2.65. The smallest absolute Gasteiger partial charge is 0.345 e. The summed E-state index contributed by atoms with van der Waals surface area (Å²) in [6.45, 7) is 4.16. The SMILES string of the molecule is Cc1cccc(N)c1C(=O)Oc1ccc2c(c1)[C@@]1(C)CCCCC[C@@H](C2)[C@@H]1N. The maximum Gasteiger partial charge on any atom is 0.345 e. The second-order valence-electron chi connectivity index (χ2n) is 8.75. The van der Waals surface area contributed by atoms with Crippen LogP contribution in [0.25, 0.3) is 0 Å². The van der Waals surface area contributed by atoms with Gasteiger partial charge in [-0.05, 0) is 67.0 Å². The van der Waals surface area contributed by atoms with Crippen LogP contribution >= 0.6 is 0 Å². The number of rotatable bonds is 2. The molecular weight excluding hydrogens is 348 g/mol. The van der Waals surface area contributed by atoms with Crippen molar-refractivity contribution in [2.45, 2.75) is 63.8 Å². The highest BCUT2D eigenvalue weighted by molar-refractivity contribution is 5.97. The summed E-state index contributed by atoms with van der Waals surface area (Å²) in [5.41, 5.74) is 17.0. The third kappa shape index (κ3) is 3.20. The van der Waals surface area contributed by atoms with Gasteiger partial charge in [-0.2, -0.15) is 0 Å². The van der Waals surface area contributed by atoms with Crippen LogP contribution in [0.15, 0.2) is 36.4 Å². The van der Waals surface area contributed by atoms with Gasteiger partial charge in [0.15, 0.2) is 0 Å². The summed E-state index contributed by atoms with van der Waals surface area (Å²) >= 11 is 0. The van der Waals surface area contributed by atoms with Crippen molar-refractivity contribution in [3.63, 3.8) is 0 Å². The number of nitrogen functional groups attached to an aromatic ring is 1. The average molecular weight is 379 g/mol. The van der Waals surface area contributed by atoms with E-state index in [1.165, 1.54) is 36.8 Å². The molecule has 0 saturated heterocycles. The summed E-state index contributed by atoms with van der Waals surface area (Å²) in [6, 6.07) is 11.7. The van der Waals surface area contributed by atoms with Gasteiger partial charge in [-0.3, -0.25) is 0 Å². The fourth-order valence-corrected chi connectivity index (χ4v) is 5.22. The van der Waals surface area contributed by atoms with E-state index in [-0.39, 0.29) is 11.5 Å². The van der Waals surface area contributed by atoms with Crippen molar-refractivity contribution in [3.05, 3.63) is 58.7 Å². The molecule has 0 aromatic heterocycles. The van der Waals surface area contributed by atoms with Crippen LogP contribution < -0.4 is 16.2 Å². The Labute approximate surface area is 167 Å². The zero-order chi connectivity index (χ0) is 19.9. The van der Waals surface area contributed by atoms with Gasteiger partial charge in [-0.1, -0.05) is 44.4 Å². The molecule has 0 unspecified atom stereocenters. The van der Waals surface area contributed by atoms with Gasteiger partial charge in [-0.15, -0.1) is 0 Å². The second-order valence-corrected chi connectivity index (χ2v) is 8.75. The van der Waals surface area contributed by atoms with E-state index in [4.69, 9.17) is 16.2 Å². The molecular formula is C24H30N2O2. The van der Waals surface area contributed by atoms with Crippen molar-refractivity contribution >= 4 is 11.7 Å². The monoisotopic (exact) mass is 378 g/mol. The number of hydrogen-bond donors (Lipinski definition) is 2. The van der Waals surface area contributed by atoms with Gasteiger partial charge in [0, 0.05) is 17.1 Å². The van der Waals surface area contributed by atoms with Crippen LogP contribution in [0.2, 0.25) is 0 Å². The Kier molecular flexibility index (Phi) is 4.92. The molecule has 4 N–H and O–H groups in total. The number of carbonyl (C=O) groups excluding carboxylic acids is 1. The lowest BCUT2D eigenvalue weighted by atomic mass is 9.60. The maximum absolute atomic E-state index is 12.8. The first-order chi connectivity index (χ1) is 13.4. The molecule has 2 aromatic carbocycles. The largest absolute Gasteiger partial charge is 0.423 e. The molecule has 0 heterocycles. The first-order valence-electron chi connectivity index (χ1n) is 10.4. The predicted molar refractivity (Wildman–Crippen MR) is 113 cm³/mol. The van der Waals surface area contributed by atoms with Gasteiger partial charge >= 0.3 is 5.97 Å². The van der Waals surface area contributed by atoms with Crippen LogP contribution in [0.1, 0.15) is 66.1 Å². The molecule has 2 bridgehead atoms. The zero-order valence-corrected chi connectivity index (χ0v) is 16.8. The van der Waals surface area contributed by atoms with E-state index in [0.29, 0.717) is 22.9 Å². The Morgan fingerprint density at radius 1 is 1.18 bits per heavy atom. The van der Waals surface area contributed by atoms with Crippen molar-refractivity contribution in [3.8, 4) is 5.75 Å². The summed E-state index contributed by atoms with van der Waals surface area (Å²) < 4.78 is 5.74. The summed E-state index contributed by atoms with van der Waals surface area (Å²) in [4.78, 5) is 12.8. The molecule has 3 atom stereocenters. The minimum atomic E-state index is -0.406. The lowest BCUT2D eigenvalue weighted by Gasteiger charge is -2.47. The molecule has 2 aromatic rings. The lowest BCUT2D eigenvalue weighted by Crippen LogP contribution is -2.52. The third-order valence-electron chi connectivity index (χ3n) is 6.91. The van der Waals surface area contributed by atoms with E-state index in [0.717, 1.165) is 18.4 Å². The highest BCUT2D eigenvalue weighted by Crippen LogP contribution is 2.46. The summed E-state index contributed by atoms with van der Waals surface area (Å²) in [5.74, 6) is 0.703. The molecule has 0 amide bonds. The van der Waals surface area contributed by atoms with Crippen LogP contribution in [0, 0.1) is 12.8 Å². The molecule has 1 saturated carbocycles. The highest BCUT2D eigenvalue weighted by atomic mass is 16.5. The number of ether oxygens (including phenoxy) is 1. The second kappa shape index (κ2) is 7.25. The van der Waals surface area contributed by atoms with Gasteiger partial charge in [0.25, 0.3) is 0 Å². The Bertz CT molecular complexity index is 887. The fourth-order valence-electron chi connectivity index (χ4n) is 5.22. The van der Waals surface area contributed by atoms with Crippen LogP contribution in [0.5, 0.6) is 5.75 Å². The highest BCUT2D eigenvalue weighted by Gasteiger charge is 2.43. The van der Waals surface area contributed by atoms with E-state index < -0.39 is 5.97 Å². The molecule has 2 aliphatic carbocycles. The van der Waals surface area contributed by atoms with Crippen LogP contribution in [-0.2, 0) is 11.8 Å². The minimum Gasteiger partial charge on any atom is -0.423 e. The van der Waals surface area contributed by atoms with Crippen molar-refractivity contribution < 1.29 is 9.53 Å². The molecule has 2 aliphatic rings. The Morgan fingerprint density at radius 3 is 2.79 bits per heavy atom. The fraction of sp³-hybridized carbons (Fsp3) is 0.458. The molecule has 0 spiro atoms. The molecule has 0 aliphatic heterocycles. The van der Waals surface area contributed by atoms with Gasteiger partial charge < -0.3 is 16.2 Å².